The summed E-state index contributed by atoms with van der Waals surface area (Å²) in [5, 5.41) is 2.85. The Morgan fingerprint density at radius 1 is 1.33 bits per heavy atom. The number of quaternary nitrogens is 1. The summed E-state index contributed by atoms with van der Waals surface area (Å²) in [6.07, 6.45) is 1.02. The second-order valence-corrected chi connectivity index (χ2v) is 4.37. The van der Waals surface area contributed by atoms with Crippen molar-refractivity contribution < 1.29 is 9.28 Å². The zero-order chi connectivity index (χ0) is 11.9. The summed E-state index contributed by atoms with van der Waals surface area (Å²) in [5.74, 6) is -0.0304. The van der Waals surface area contributed by atoms with E-state index in [2.05, 4.69) is 32.8 Å². The zero-order valence-electron chi connectivity index (χ0n) is 10.6. The minimum Gasteiger partial charge on any atom is -0.352 e. The van der Waals surface area contributed by atoms with Gasteiger partial charge in [0.2, 0.25) is 5.91 Å². The molecule has 0 rings (SSSR count). The number of carbonyl (C=O) groups excluding carboxylic acids is 1. The number of hydrogen-bond acceptors (Lipinski definition) is 1. The Morgan fingerprint density at radius 2 is 1.87 bits per heavy atom. The Balaban J connectivity index is 3.71. The summed E-state index contributed by atoms with van der Waals surface area (Å²) in [4.78, 5) is 11.2. The first kappa shape index (κ1) is 14.2. The van der Waals surface area contributed by atoms with Gasteiger partial charge in [0, 0.05) is 18.5 Å². The van der Waals surface area contributed by atoms with Gasteiger partial charge >= 0.3 is 0 Å². The van der Waals surface area contributed by atoms with Crippen molar-refractivity contribution in [3.05, 3.63) is 12.2 Å². The van der Waals surface area contributed by atoms with Crippen molar-refractivity contribution in [1.82, 2.24) is 5.32 Å². The molecule has 0 fully saturated rings. The first-order chi connectivity index (χ1) is 6.95. The van der Waals surface area contributed by atoms with Crippen LogP contribution in [0.15, 0.2) is 12.2 Å². The fourth-order valence-corrected chi connectivity index (χ4v) is 1.35. The molecule has 0 saturated carbocycles. The Bertz CT molecular complexity index is 220. The topological polar surface area (TPSA) is 29.1 Å². The van der Waals surface area contributed by atoms with Crippen LogP contribution in [0.4, 0.5) is 0 Å². The summed E-state index contributed by atoms with van der Waals surface area (Å²) >= 11 is 0. The van der Waals surface area contributed by atoms with Crippen molar-refractivity contribution in [2.45, 2.75) is 27.2 Å². The summed E-state index contributed by atoms with van der Waals surface area (Å²) in [7, 11) is 2.25. The smallest absolute Gasteiger partial charge is 0.246 e. The van der Waals surface area contributed by atoms with Gasteiger partial charge in [-0.2, -0.15) is 0 Å². The predicted molar refractivity (Wildman–Crippen MR) is 64.6 cm³/mol. The van der Waals surface area contributed by atoms with Crippen LogP contribution >= 0.6 is 0 Å². The Labute approximate surface area is 93.7 Å². The van der Waals surface area contributed by atoms with Crippen molar-refractivity contribution in [1.29, 1.82) is 0 Å². The molecular weight excluding hydrogens is 188 g/mol. The maximum atomic E-state index is 11.2. The number of nitrogens with one attached hydrogen (secondary N) is 1. The van der Waals surface area contributed by atoms with Gasteiger partial charge in [-0.15, -0.1) is 0 Å². The minimum atomic E-state index is -0.0304. The number of rotatable bonds is 7. The number of amides is 1. The Kier molecular flexibility index (Phi) is 6.25. The number of carbonyl (C=O) groups is 1. The molecule has 0 radical (unpaired) electrons. The maximum Gasteiger partial charge on any atom is 0.246 e. The lowest BCUT2D eigenvalue weighted by Gasteiger charge is -2.32. The molecule has 0 unspecified atom stereocenters. The van der Waals surface area contributed by atoms with Crippen LogP contribution in [-0.4, -0.2) is 43.6 Å². The van der Waals surface area contributed by atoms with E-state index in [1.807, 2.05) is 0 Å². The van der Waals surface area contributed by atoms with Crippen molar-refractivity contribution in [3.8, 4) is 0 Å². The zero-order valence-corrected chi connectivity index (χ0v) is 10.6. The van der Waals surface area contributed by atoms with Gasteiger partial charge in [-0.1, -0.05) is 6.58 Å². The van der Waals surface area contributed by atoms with Gasteiger partial charge in [0.05, 0.1) is 26.7 Å². The third-order valence-electron chi connectivity index (χ3n) is 3.07. The summed E-state index contributed by atoms with van der Waals surface area (Å²) in [5.41, 5.74) is 0.582. The van der Waals surface area contributed by atoms with Crippen molar-refractivity contribution >= 4 is 5.91 Å². The molecule has 0 bridgehead atoms. The van der Waals surface area contributed by atoms with Gasteiger partial charge < -0.3 is 9.80 Å². The molecule has 0 spiro atoms. The van der Waals surface area contributed by atoms with Crippen LogP contribution in [0.5, 0.6) is 0 Å². The summed E-state index contributed by atoms with van der Waals surface area (Å²) in [6.45, 7) is 13.9. The van der Waals surface area contributed by atoms with Crippen LogP contribution in [0.25, 0.3) is 0 Å². The molecule has 0 saturated heterocycles. The maximum absolute atomic E-state index is 11.2. The molecule has 3 nitrogen and oxygen atoms in total. The highest BCUT2D eigenvalue weighted by Gasteiger charge is 2.15. The van der Waals surface area contributed by atoms with E-state index in [-0.39, 0.29) is 5.91 Å². The normalized spacial score (nSPS) is 11.2. The molecule has 0 aromatic carbocycles. The van der Waals surface area contributed by atoms with Gasteiger partial charge in [0.1, 0.15) is 0 Å². The average molecular weight is 213 g/mol. The monoisotopic (exact) mass is 213 g/mol. The van der Waals surface area contributed by atoms with Gasteiger partial charge in [-0.3, -0.25) is 4.79 Å². The quantitative estimate of drug-likeness (QED) is 0.388. The standard InChI is InChI=1S/C12H24N2O/c1-6-14(5,7-2)10-8-9-13-12(15)11(3)4/h3,6-10H2,1-2,4-5H3/p+1. The van der Waals surface area contributed by atoms with Crippen molar-refractivity contribution in [2.75, 3.05) is 33.2 Å². The molecule has 1 amide bonds. The average Bonchev–Trinajstić information content (AvgIpc) is 2.23. The Morgan fingerprint density at radius 3 is 2.27 bits per heavy atom. The predicted octanol–water partition coefficient (Wildman–Crippen LogP) is 1.56. The highest BCUT2D eigenvalue weighted by molar-refractivity contribution is 5.91. The third-order valence-corrected chi connectivity index (χ3v) is 3.07. The fourth-order valence-electron chi connectivity index (χ4n) is 1.35. The largest absolute Gasteiger partial charge is 0.352 e. The second kappa shape index (κ2) is 6.62. The lowest BCUT2D eigenvalue weighted by atomic mass is 10.3. The molecule has 0 aliphatic rings. The molecule has 15 heavy (non-hydrogen) atoms. The number of nitrogens with zero attached hydrogens (tertiary/aromatic N) is 1. The molecule has 0 aromatic heterocycles. The summed E-state index contributed by atoms with van der Waals surface area (Å²) < 4.78 is 1.07. The molecule has 0 aliphatic heterocycles. The highest BCUT2D eigenvalue weighted by atomic mass is 16.1. The van der Waals surface area contributed by atoms with E-state index < -0.39 is 0 Å². The van der Waals surface area contributed by atoms with Crippen LogP contribution in [0, 0.1) is 0 Å². The lowest BCUT2D eigenvalue weighted by Crippen LogP contribution is -2.45. The lowest BCUT2D eigenvalue weighted by molar-refractivity contribution is -0.906. The fraction of sp³-hybridized carbons (Fsp3) is 0.750. The first-order valence-corrected chi connectivity index (χ1v) is 5.72. The third kappa shape index (κ3) is 5.57. The van der Waals surface area contributed by atoms with Crippen LogP contribution in [-0.2, 0) is 4.79 Å². The summed E-state index contributed by atoms with van der Waals surface area (Å²) in [6, 6.07) is 0. The minimum absolute atomic E-state index is 0.0304. The molecule has 1 N–H and O–H groups in total. The molecule has 0 heterocycles. The molecule has 0 aromatic rings. The first-order valence-electron chi connectivity index (χ1n) is 5.72. The van der Waals surface area contributed by atoms with Crippen LogP contribution in [0.2, 0.25) is 0 Å². The van der Waals surface area contributed by atoms with E-state index in [9.17, 15) is 4.79 Å². The van der Waals surface area contributed by atoms with E-state index >= 15 is 0 Å². The van der Waals surface area contributed by atoms with Crippen molar-refractivity contribution in [2.24, 2.45) is 0 Å². The SMILES string of the molecule is C=C(C)C(=O)NCCC[N+](C)(CC)CC. The van der Waals surface area contributed by atoms with Crippen LogP contribution < -0.4 is 5.32 Å². The molecular formula is C12H25N2O+. The van der Waals surface area contributed by atoms with E-state index in [1.165, 1.54) is 0 Å². The van der Waals surface area contributed by atoms with Crippen molar-refractivity contribution in [3.63, 3.8) is 0 Å². The Hall–Kier alpha value is -0.830. The van der Waals surface area contributed by atoms with E-state index in [0.717, 1.165) is 37.1 Å². The van der Waals surface area contributed by atoms with Crippen LogP contribution in [0.3, 0.4) is 0 Å². The second-order valence-electron chi connectivity index (χ2n) is 4.37. The van der Waals surface area contributed by atoms with E-state index in [1.54, 1.807) is 6.92 Å². The molecule has 88 valence electrons. The van der Waals surface area contributed by atoms with E-state index in [0.29, 0.717) is 5.57 Å². The molecule has 0 aliphatic carbocycles. The van der Waals surface area contributed by atoms with Gasteiger partial charge in [-0.25, -0.2) is 0 Å². The van der Waals surface area contributed by atoms with E-state index in [4.69, 9.17) is 0 Å². The highest BCUT2D eigenvalue weighted by Crippen LogP contribution is 2.02. The van der Waals surface area contributed by atoms with Crippen LogP contribution in [0.1, 0.15) is 27.2 Å². The van der Waals surface area contributed by atoms with Gasteiger partial charge in [-0.05, 0) is 20.8 Å². The van der Waals surface area contributed by atoms with Gasteiger partial charge in [0.15, 0.2) is 0 Å². The number of hydrogen-bond donors (Lipinski definition) is 1. The van der Waals surface area contributed by atoms with Gasteiger partial charge in [0.25, 0.3) is 0 Å². The molecule has 3 heteroatoms. The molecule has 0 atom stereocenters.